The molecule has 0 radical (unpaired) electrons. The fourth-order valence-corrected chi connectivity index (χ4v) is 1.97. The van der Waals surface area contributed by atoms with Gasteiger partial charge in [-0.3, -0.25) is 9.59 Å². The molecule has 0 aliphatic rings. The van der Waals surface area contributed by atoms with Crippen LogP contribution in [0.4, 0.5) is 0 Å². The average Bonchev–Trinajstić information content (AvgIpc) is 2.27. The van der Waals surface area contributed by atoms with E-state index in [9.17, 15) is 19.8 Å². The number of aliphatic hydroxyl groups excluding tert-OH is 2. The molecule has 0 amide bonds. The van der Waals surface area contributed by atoms with Gasteiger partial charge in [-0.2, -0.15) is 0 Å². The molecule has 0 aromatic carbocycles. The van der Waals surface area contributed by atoms with Crippen molar-refractivity contribution in [2.75, 3.05) is 5.75 Å². The van der Waals surface area contributed by atoms with Crippen LogP contribution in [0.15, 0.2) is 23.1 Å². The van der Waals surface area contributed by atoms with Gasteiger partial charge in [-0.15, -0.1) is 0 Å². The van der Waals surface area contributed by atoms with Crippen LogP contribution < -0.4 is 5.43 Å². The van der Waals surface area contributed by atoms with Gasteiger partial charge in [0.05, 0.1) is 11.8 Å². The topological polar surface area (TPSA) is 90.4 Å². The fraction of sp³-hybridized carbons (Fsp3) is 0.455. The van der Waals surface area contributed by atoms with E-state index in [0.29, 0.717) is 5.75 Å². The molecule has 1 rings (SSSR count). The Morgan fingerprint density at radius 1 is 1.53 bits per heavy atom. The number of hydrogen-bond donors (Lipinski definition) is 3. The van der Waals surface area contributed by atoms with Crippen molar-refractivity contribution in [3.05, 3.63) is 34.2 Å². The number of pyridine rings is 1. The van der Waals surface area contributed by atoms with Crippen LogP contribution in [-0.2, 0) is 4.79 Å². The van der Waals surface area contributed by atoms with Gasteiger partial charge in [0.15, 0.2) is 10.5 Å². The lowest BCUT2D eigenvalue weighted by molar-refractivity contribution is -0.109. The zero-order valence-corrected chi connectivity index (χ0v) is 10.2. The van der Waals surface area contributed by atoms with Gasteiger partial charge in [-0.05, 0) is 6.42 Å². The van der Waals surface area contributed by atoms with E-state index in [2.05, 4.69) is 4.98 Å². The monoisotopic (exact) mass is 257 g/mol. The summed E-state index contributed by atoms with van der Waals surface area (Å²) < 4.78 is 0. The van der Waals surface area contributed by atoms with Crippen LogP contribution in [-0.4, -0.2) is 32.2 Å². The highest BCUT2D eigenvalue weighted by atomic mass is 32.2. The Morgan fingerprint density at radius 2 is 2.24 bits per heavy atom. The van der Waals surface area contributed by atoms with Crippen molar-refractivity contribution in [3.63, 3.8) is 0 Å². The second-order valence-electron chi connectivity index (χ2n) is 3.62. The summed E-state index contributed by atoms with van der Waals surface area (Å²) in [5, 5.41) is 19.4. The molecular formula is C11H15NO4S. The first kappa shape index (κ1) is 14.0. The van der Waals surface area contributed by atoms with Crippen LogP contribution >= 0.6 is 11.8 Å². The molecule has 3 N–H and O–H groups in total. The van der Waals surface area contributed by atoms with Gasteiger partial charge in [-0.25, -0.2) is 0 Å². The molecule has 2 atom stereocenters. The number of carbonyl (C=O) groups is 1. The van der Waals surface area contributed by atoms with Crippen molar-refractivity contribution < 1.29 is 15.0 Å². The zero-order valence-electron chi connectivity index (χ0n) is 9.42. The molecular weight excluding hydrogens is 242 g/mol. The first-order chi connectivity index (χ1) is 8.00. The van der Waals surface area contributed by atoms with Gasteiger partial charge < -0.3 is 15.2 Å². The SMILES string of the molecule is CC(=O)SCCC(O)C(O)c1cc(=O)cc[nH]1. The number of rotatable bonds is 5. The molecule has 0 spiro atoms. The molecule has 0 aliphatic carbocycles. The van der Waals surface area contributed by atoms with Gasteiger partial charge in [0.1, 0.15) is 6.10 Å². The predicted octanol–water partition coefficient (Wildman–Crippen LogP) is 0.439. The van der Waals surface area contributed by atoms with E-state index in [1.54, 1.807) is 0 Å². The van der Waals surface area contributed by atoms with E-state index in [1.165, 1.54) is 25.3 Å². The van der Waals surface area contributed by atoms with E-state index in [-0.39, 0.29) is 22.7 Å². The third-order valence-corrected chi connectivity index (χ3v) is 3.04. The molecule has 0 saturated carbocycles. The van der Waals surface area contributed by atoms with Crippen LogP contribution in [0.2, 0.25) is 0 Å². The third-order valence-electron chi connectivity index (χ3n) is 2.20. The molecule has 5 nitrogen and oxygen atoms in total. The second-order valence-corrected chi connectivity index (χ2v) is 4.89. The first-order valence-electron chi connectivity index (χ1n) is 5.19. The summed E-state index contributed by atoms with van der Waals surface area (Å²) in [6, 6.07) is 2.57. The zero-order chi connectivity index (χ0) is 12.8. The predicted molar refractivity (Wildman–Crippen MR) is 65.8 cm³/mol. The number of aliphatic hydroxyl groups is 2. The van der Waals surface area contributed by atoms with E-state index in [1.807, 2.05) is 0 Å². The third kappa shape index (κ3) is 4.72. The average molecular weight is 257 g/mol. The first-order valence-corrected chi connectivity index (χ1v) is 6.17. The van der Waals surface area contributed by atoms with Crippen molar-refractivity contribution in [3.8, 4) is 0 Å². The highest BCUT2D eigenvalue weighted by molar-refractivity contribution is 8.13. The normalized spacial score (nSPS) is 14.3. The van der Waals surface area contributed by atoms with Crippen LogP contribution in [0.25, 0.3) is 0 Å². The van der Waals surface area contributed by atoms with E-state index < -0.39 is 12.2 Å². The molecule has 0 bridgehead atoms. The second kappa shape index (κ2) is 6.58. The summed E-state index contributed by atoms with van der Waals surface area (Å²) in [5.74, 6) is 0.435. The Morgan fingerprint density at radius 3 is 2.82 bits per heavy atom. The number of nitrogens with one attached hydrogen (secondary N) is 1. The molecule has 0 fully saturated rings. The van der Waals surface area contributed by atoms with Crippen LogP contribution in [0.5, 0.6) is 0 Å². The number of aromatic nitrogens is 1. The smallest absolute Gasteiger partial charge is 0.185 e. The Labute approximate surface area is 103 Å². The van der Waals surface area contributed by atoms with E-state index in [0.717, 1.165) is 11.8 Å². The minimum absolute atomic E-state index is 0.0280. The maximum atomic E-state index is 11.1. The van der Waals surface area contributed by atoms with Gasteiger partial charge in [-0.1, -0.05) is 11.8 Å². The van der Waals surface area contributed by atoms with Crippen molar-refractivity contribution in [2.24, 2.45) is 0 Å². The standard InChI is InChI=1S/C11H15NO4S/c1-7(13)17-5-3-10(15)11(16)9-6-8(14)2-4-12-9/h2,4,6,10-11,15-16H,3,5H2,1H3,(H,12,14). The number of carbonyl (C=O) groups excluding carboxylic acids is 1. The lowest BCUT2D eigenvalue weighted by atomic mass is 10.1. The lowest BCUT2D eigenvalue weighted by Gasteiger charge is -2.17. The number of hydrogen-bond acceptors (Lipinski definition) is 5. The molecule has 1 aromatic heterocycles. The van der Waals surface area contributed by atoms with Crippen LogP contribution in [0.1, 0.15) is 25.1 Å². The Balaban J connectivity index is 2.54. The minimum Gasteiger partial charge on any atom is -0.390 e. The molecule has 2 unspecified atom stereocenters. The van der Waals surface area contributed by atoms with Gasteiger partial charge in [0.2, 0.25) is 0 Å². The molecule has 6 heteroatoms. The van der Waals surface area contributed by atoms with Gasteiger partial charge in [0.25, 0.3) is 0 Å². The Bertz CT molecular complexity index is 431. The van der Waals surface area contributed by atoms with Crippen molar-refractivity contribution in [1.82, 2.24) is 4.98 Å². The van der Waals surface area contributed by atoms with Gasteiger partial charge in [0, 0.05) is 31.0 Å². The van der Waals surface area contributed by atoms with Gasteiger partial charge >= 0.3 is 0 Å². The Hall–Kier alpha value is -1.11. The summed E-state index contributed by atoms with van der Waals surface area (Å²) >= 11 is 1.09. The van der Waals surface area contributed by atoms with Crippen LogP contribution in [0.3, 0.4) is 0 Å². The molecule has 0 saturated heterocycles. The number of thioether (sulfide) groups is 1. The number of aromatic amines is 1. The lowest BCUT2D eigenvalue weighted by Crippen LogP contribution is -2.21. The number of H-pyrrole nitrogens is 1. The minimum atomic E-state index is -1.14. The largest absolute Gasteiger partial charge is 0.390 e. The summed E-state index contributed by atoms with van der Waals surface area (Å²) in [7, 11) is 0. The van der Waals surface area contributed by atoms with Crippen molar-refractivity contribution >= 4 is 16.9 Å². The maximum Gasteiger partial charge on any atom is 0.185 e. The quantitative estimate of drug-likeness (QED) is 0.712. The van der Waals surface area contributed by atoms with E-state index in [4.69, 9.17) is 0 Å². The molecule has 0 aliphatic heterocycles. The van der Waals surface area contributed by atoms with E-state index >= 15 is 0 Å². The van der Waals surface area contributed by atoms with Crippen molar-refractivity contribution in [2.45, 2.75) is 25.6 Å². The van der Waals surface area contributed by atoms with Crippen molar-refractivity contribution in [1.29, 1.82) is 0 Å². The highest BCUT2D eigenvalue weighted by Crippen LogP contribution is 2.17. The summed E-state index contributed by atoms with van der Waals surface area (Å²) in [6.07, 6.45) is -0.448. The molecule has 1 heterocycles. The Kier molecular flexibility index (Phi) is 5.40. The molecule has 1 aromatic rings. The summed E-state index contributed by atoms with van der Waals surface area (Å²) in [4.78, 5) is 24.4. The maximum absolute atomic E-state index is 11.1. The molecule has 94 valence electrons. The van der Waals surface area contributed by atoms with Crippen LogP contribution in [0, 0.1) is 0 Å². The fourth-order valence-electron chi connectivity index (χ4n) is 1.32. The molecule has 17 heavy (non-hydrogen) atoms. The summed E-state index contributed by atoms with van der Waals surface area (Å²) in [6.45, 7) is 1.45. The highest BCUT2D eigenvalue weighted by Gasteiger charge is 2.19. The summed E-state index contributed by atoms with van der Waals surface area (Å²) in [5.41, 5.74) is 0.0425.